The number of carbonyl (C=O) groups is 1. The molecule has 0 aliphatic carbocycles. The van der Waals surface area contributed by atoms with Crippen molar-refractivity contribution in [2.45, 2.75) is 26.1 Å². The monoisotopic (exact) mass is 259 g/mol. The summed E-state index contributed by atoms with van der Waals surface area (Å²) in [5.74, 6) is 0.623. The molecule has 2 aromatic rings. The van der Waals surface area contributed by atoms with Gasteiger partial charge in [0.15, 0.2) is 0 Å². The molecular weight excluding hydrogens is 242 g/mol. The number of pyridine rings is 1. The van der Waals surface area contributed by atoms with Crippen LogP contribution in [0.25, 0.3) is 0 Å². The Bertz CT molecular complexity index is 509. The van der Waals surface area contributed by atoms with Crippen molar-refractivity contribution in [1.82, 2.24) is 9.88 Å². The summed E-state index contributed by atoms with van der Waals surface area (Å²) in [6.07, 6.45) is 5.03. The van der Waals surface area contributed by atoms with E-state index in [-0.39, 0.29) is 5.91 Å². The largest absolute Gasteiger partial charge is 0.467 e. The van der Waals surface area contributed by atoms with Crippen molar-refractivity contribution in [3.8, 4) is 0 Å². The summed E-state index contributed by atoms with van der Waals surface area (Å²) in [7, 11) is 0. The van der Waals surface area contributed by atoms with E-state index in [2.05, 4.69) is 4.98 Å². The smallest absolute Gasteiger partial charge is 0.239 e. The van der Waals surface area contributed by atoms with E-state index in [1.807, 2.05) is 18.2 Å². The summed E-state index contributed by atoms with van der Waals surface area (Å²) in [4.78, 5) is 17.8. The number of nitrogens with zero attached hydrogens (tertiary/aromatic N) is 2. The van der Waals surface area contributed by atoms with Crippen molar-refractivity contribution >= 4 is 5.91 Å². The molecule has 2 N–H and O–H groups in total. The Balaban J connectivity index is 2.12. The van der Waals surface area contributed by atoms with Crippen LogP contribution < -0.4 is 5.73 Å². The highest BCUT2D eigenvalue weighted by atomic mass is 16.3. The second-order valence-corrected chi connectivity index (χ2v) is 4.42. The first-order valence-electron chi connectivity index (χ1n) is 6.12. The molecule has 1 amide bonds. The number of furan rings is 1. The van der Waals surface area contributed by atoms with E-state index in [1.54, 1.807) is 36.5 Å². The SMILES string of the molecule is C[C@@H](N)C(=O)N(Cc1cccnc1)Cc1ccco1. The van der Waals surface area contributed by atoms with Gasteiger partial charge in [-0.1, -0.05) is 6.07 Å². The highest BCUT2D eigenvalue weighted by Gasteiger charge is 2.19. The minimum Gasteiger partial charge on any atom is -0.467 e. The van der Waals surface area contributed by atoms with Crippen LogP contribution in [0, 0.1) is 0 Å². The molecule has 2 heterocycles. The van der Waals surface area contributed by atoms with E-state index in [9.17, 15) is 4.79 Å². The first-order chi connectivity index (χ1) is 9.16. The van der Waals surface area contributed by atoms with Crippen molar-refractivity contribution in [3.05, 3.63) is 54.2 Å². The maximum absolute atomic E-state index is 12.1. The van der Waals surface area contributed by atoms with Gasteiger partial charge >= 0.3 is 0 Å². The third-order valence-corrected chi connectivity index (χ3v) is 2.72. The molecule has 0 unspecified atom stereocenters. The molecule has 0 aliphatic rings. The number of hydrogen-bond donors (Lipinski definition) is 1. The minimum atomic E-state index is -0.536. The Labute approximate surface area is 112 Å². The minimum absolute atomic E-state index is 0.111. The number of carbonyl (C=O) groups excluding carboxylic acids is 1. The first-order valence-corrected chi connectivity index (χ1v) is 6.12. The van der Waals surface area contributed by atoms with Gasteiger partial charge in [0.05, 0.1) is 18.8 Å². The standard InChI is InChI=1S/C14H17N3O2/c1-11(15)14(18)17(10-13-5-3-7-19-13)9-12-4-2-6-16-8-12/h2-8,11H,9-10,15H2,1H3/t11-/m1/s1. The molecule has 2 aromatic heterocycles. The molecule has 5 heteroatoms. The zero-order valence-electron chi connectivity index (χ0n) is 10.8. The van der Waals surface area contributed by atoms with Gasteiger partial charge in [-0.05, 0) is 30.7 Å². The molecule has 0 fully saturated rings. The van der Waals surface area contributed by atoms with Gasteiger partial charge in [0.25, 0.3) is 0 Å². The third kappa shape index (κ3) is 3.66. The predicted molar refractivity (Wildman–Crippen MR) is 70.8 cm³/mol. The van der Waals surface area contributed by atoms with Crippen LogP contribution in [-0.4, -0.2) is 21.8 Å². The van der Waals surface area contributed by atoms with Crippen LogP contribution in [0.5, 0.6) is 0 Å². The van der Waals surface area contributed by atoms with Gasteiger partial charge in [-0.3, -0.25) is 9.78 Å². The lowest BCUT2D eigenvalue weighted by Crippen LogP contribution is -2.41. The Kier molecular flexibility index (Phi) is 4.30. The number of amides is 1. The van der Waals surface area contributed by atoms with Gasteiger partial charge < -0.3 is 15.1 Å². The van der Waals surface area contributed by atoms with Crippen molar-refractivity contribution in [2.24, 2.45) is 5.73 Å². The third-order valence-electron chi connectivity index (χ3n) is 2.72. The number of nitrogens with two attached hydrogens (primary N) is 1. The van der Waals surface area contributed by atoms with E-state index in [0.717, 1.165) is 11.3 Å². The van der Waals surface area contributed by atoms with Crippen LogP contribution in [-0.2, 0) is 17.9 Å². The quantitative estimate of drug-likeness (QED) is 0.884. The lowest BCUT2D eigenvalue weighted by atomic mass is 10.2. The molecule has 0 radical (unpaired) electrons. The van der Waals surface area contributed by atoms with E-state index in [1.165, 1.54) is 0 Å². The zero-order valence-corrected chi connectivity index (χ0v) is 10.8. The van der Waals surface area contributed by atoms with Crippen molar-refractivity contribution in [3.63, 3.8) is 0 Å². The van der Waals surface area contributed by atoms with Crippen LogP contribution in [0.1, 0.15) is 18.2 Å². The first kappa shape index (κ1) is 13.3. The maximum Gasteiger partial charge on any atom is 0.239 e. The molecule has 0 saturated carbocycles. The van der Waals surface area contributed by atoms with E-state index >= 15 is 0 Å². The predicted octanol–water partition coefficient (Wildman–Crippen LogP) is 1.55. The van der Waals surface area contributed by atoms with Crippen molar-refractivity contribution in [2.75, 3.05) is 0 Å². The van der Waals surface area contributed by atoms with E-state index < -0.39 is 6.04 Å². The van der Waals surface area contributed by atoms with Crippen LogP contribution in [0.2, 0.25) is 0 Å². The lowest BCUT2D eigenvalue weighted by molar-refractivity contribution is -0.133. The molecule has 5 nitrogen and oxygen atoms in total. The van der Waals surface area contributed by atoms with E-state index in [4.69, 9.17) is 10.2 Å². The molecule has 0 spiro atoms. The second kappa shape index (κ2) is 6.15. The molecule has 2 rings (SSSR count). The Morgan fingerprint density at radius 3 is 2.84 bits per heavy atom. The number of aromatic nitrogens is 1. The van der Waals surface area contributed by atoms with Crippen LogP contribution in [0.3, 0.4) is 0 Å². The van der Waals surface area contributed by atoms with Gasteiger partial charge in [-0.15, -0.1) is 0 Å². The maximum atomic E-state index is 12.1. The topological polar surface area (TPSA) is 72.4 Å². The normalized spacial score (nSPS) is 12.1. The average molecular weight is 259 g/mol. The number of rotatable bonds is 5. The Morgan fingerprint density at radius 2 is 2.26 bits per heavy atom. The fourth-order valence-corrected chi connectivity index (χ4v) is 1.80. The number of hydrogen-bond acceptors (Lipinski definition) is 4. The fraction of sp³-hybridized carbons (Fsp3) is 0.286. The average Bonchev–Trinajstić information content (AvgIpc) is 2.91. The van der Waals surface area contributed by atoms with Gasteiger partial charge in [0, 0.05) is 18.9 Å². The van der Waals surface area contributed by atoms with Crippen LogP contribution >= 0.6 is 0 Å². The zero-order chi connectivity index (χ0) is 13.7. The van der Waals surface area contributed by atoms with Gasteiger partial charge in [-0.25, -0.2) is 0 Å². The summed E-state index contributed by atoms with van der Waals surface area (Å²) in [6, 6.07) is 6.87. The van der Waals surface area contributed by atoms with Crippen molar-refractivity contribution < 1.29 is 9.21 Å². The Hall–Kier alpha value is -2.14. The molecule has 1 atom stereocenters. The highest BCUT2D eigenvalue weighted by molar-refractivity contribution is 5.81. The molecule has 19 heavy (non-hydrogen) atoms. The van der Waals surface area contributed by atoms with Crippen LogP contribution in [0.4, 0.5) is 0 Å². The molecule has 0 bridgehead atoms. The molecule has 100 valence electrons. The molecule has 0 saturated heterocycles. The molecular formula is C14H17N3O2. The lowest BCUT2D eigenvalue weighted by Gasteiger charge is -2.23. The summed E-state index contributed by atoms with van der Waals surface area (Å²) in [5.41, 5.74) is 6.64. The molecule has 0 aliphatic heterocycles. The summed E-state index contributed by atoms with van der Waals surface area (Å²) >= 11 is 0. The Morgan fingerprint density at radius 1 is 1.42 bits per heavy atom. The summed E-state index contributed by atoms with van der Waals surface area (Å²) in [6.45, 7) is 2.55. The van der Waals surface area contributed by atoms with Crippen molar-refractivity contribution in [1.29, 1.82) is 0 Å². The molecule has 0 aromatic carbocycles. The summed E-state index contributed by atoms with van der Waals surface area (Å²) < 4.78 is 5.28. The fourth-order valence-electron chi connectivity index (χ4n) is 1.80. The van der Waals surface area contributed by atoms with E-state index in [0.29, 0.717) is 13.1 Å². The highest BCUT2D eigenvalue weighted by Crippen LogP contribution is 2.11. The second-order valence-electron chi connectivity index (χ2n) is 4.42. The van der Waals surface area contributed by atoms with Crippen LogP contribution in [0.15, 0.2) is 47.3 Å². The van der Waals surface area contributed by atoms with Gasteiger partial charge in [0.1, 0.15) is 5.76 Å². The van der Waals surface area contributed by atoms with Gasteiger partial charge in [0.2, 0.25) is 5.91 Å². The summed E-state index contributed by atoms with van der Waals surface area (Å²) in [5, 5.41) is 0. The van der Waals surface area contributed by atoms with Gasteiger partial charge in [-0.2, -0.15) is 0 Å².